The van der Waals surface area contributed by atoms with Crippen molar-refractivity contribution in [2.45, 2.75) is 13.0 Å². The molecular weight excluding hydrogens is 275 g/mol. The number of rotatable bonds is 4. The number of nitrogens with zero attached hydrogens (tertiary/aromatic N) is 3. The normalized spacial score (nSPS) is 11.5. The molecule has 0 aliphatic heterocycles. The first-order valence-electron chi connectivity index (χ1n) is 6.07. The molecule has 0 amide bonds. The highest BCUT2D eigenvalue weighted by Gasteiger charge is 2.18. The van der Waals surface area contributed by atoms with Crippen LogP contribution in [-0.2, 0) is 0 Å². The predicted molar refractivity (Wildman–Crippen MR) is 74.0 cm³/mol. The van der Waals surface area contributed by atoms with Crippen molar-refractivity contribution in [1.82, 2.24) is 4.98 Å². The fourth-order valence-corrected chi connectivity index (χ4v) is 1.92. The minimum Gasteiger partial charge on any atom is -0.373 e. The second kappa shape index (κ2) is 5.96. The Balaban J connectivity index is 2.34. The Kier molecular flexibility index (Phi) is 4.09. The molecule has 0 saturated carbocycles. The number of hydrogen-bond donors (Lipinski definition) is 1. The maximum absolute atomic E-state index is 13.6. The quantitative estimate of drug-likeness (QED) is 0.688. The van der Waals surface area contributed by atoms with Crippen molar-refractivity contribution in [3.8, 4) is 6.07 Å². The molecule has 6 nitrogen and oxygen atoms in total. The molecule has 2 rings (SSSR count). The number of nitro benzene ring substituents is 1. The number of pyridine rings is 1. The number of halogens is 1. The van der Waals surface area contributed by atoms with Gasteiger partial charge in [0.15, 0.2) is 0 Å². The van der Waals surface area contributed by atoms with Crippen LogP contribution in [0, 0.1) is 27.3 Å². The first-order chi connectivity index (χ1) is 10.0. The van der Waals surface area contributed by atoms with Crippen LogP contribution in [-0.4, -0.2) is 9.91 Å². The SMILES string of the molecule is C[C@H](Nc1ccc(C#N)cc1[N+](=O)[O-])c1ccncc1F. The summed E-state index contributed by atoms with van der Waals surface area (Å²) in [4.78, 5) is 14.1. The number of benzene rings is 1. The van der Waals surface area contributed by atoms with Crippen LogP contribution >= 0.6 is 0 Å². The Hall–Kier alpha value is -3.01. The molecule has 0 bridgehead atoms. The first kappa shape index (κ1) is 14.4. The van der Waals surface area contributed by atoms with Crippen LogP contribution in [0.25, 0.3) is 0 Å². The van der Waals surface area contributed by atoms with Crippen LogP contribution in [0.3, 0.4) is 0 Å². The zero-order valence-corrected chi connectivity index (χ0v) is 11.1. The van der Waals surface area contributed by atoms with E-state index >= 15 is 0 Å². The molecule has 1 aromatic carbocycles. The summed E-state index contributed by atoms with van der Waals surface area (Å²) in [6, 6.07) is 6.94. The number of aromatic nitrogens is 1. The minimum atomic E-state index is -0.585. The van der Waals surface area contributed by atoms with Crippen molar-refractivity contribution in [2.24, 2.45) is 0 Å². The zero-order chi connectivity index (χ0) is 15.4. The lowest BCUT2D eigenvalue weighted by atomic mass is 10.1. The van der Waals surface area contributed by atoms with Crippen molar-refractivity contribution in [3.63, 3.8) is 0 Å². The summed E-state index contributed by atoms with van der Waals surface area (Å²) in [5.74, 6) is -0.492. The molecule has 0 saturated heterocycles. The highest BCUT2D eigenvalue weighted by atomic mass is 19.1. The molecule has 0 aliphatic carbocycles. The monoisotopic (exact) mass is 286 g/mol. The molecule has 1 atom stereocenters. The van der Waals surface area contributed by atoms with Crippen LogP contribution in [0.15, 0.2) is 36.7 Å². The number of hydrogen-bond acceptors (Lipinski definition) is 5. The molecule has 7 heteroatoms. The zero-order valence-electron chi connectivity index (χ0n) is 11.1. The molecule has 0 fully saturated rings. The molecule has 0 radical (unpaired) electrons. The third-order valence-corrected chi connectivity index (χ3v) is 2.97. The third-order valence-electron chi connectivity index (χ3n) is 2.97. The summed E-state index contributed by atoms with van der Waals surface area (Å²) >= 11 is 0. The maximum Gasteiger partial charge on any atom is 0.293 e. The topological polar surface area (TPSA) is 91.8 Å². The predicted octanol–water partition coefficient (Wildman–Crippen LogP) is 3.17. The summed E-state index contributed by atoms with van der Waals surface area (Å²) < 4.78 is 13.6. The van der Waals surface area contributed by atoms with Gasteiger partial charge < -0.3 is 5.32 Å². The van der Waals surface area contributed by atoms with E-state index < -0.39 is 16.8 Å². The van der Waals surface area contributed by atoms with E-state index in [0.29, 0.717) is 5.56 Å². The molecule has 1 N–H and O–H groups in total. The summed E-state index contributed by atoms with van der Waals surface area (Å²) in [6.45, 7) is 1.68. The molecule has 0 spiro atoms. The van der Waals surface area contributed by atoms with E-state index in [0.717, 1.165) is 6.20 Å². The van der Waals surface area contributed by atoms with Crippen LogP contribution in [0.2, 0.25) is 0 Å². The van der Waals surface area contributed by atoms with Gasteiger partial charge in [-0.3, -0.25) is 15.1 Å². The third kappa shape index (κ3) is 3.12. The minimum absolute atomic E-state index is 0.190. The second-order valence-corrected chi connectivity index (χ2v) is 4.36. The molecule has 21 heavy (non-hydrogen) atoms. The van der Waals surface area contributed by atoms with Crippen molar-refractivity contribution in [3.05, 3.63) is 63.7 Å². The smallest absolute Gasteiger partial charge is 0.293 e. The Labute approximate surface area is 120 Å². The van der Waals surface area contributed by atoms with Crippen molar-refractivity contribution in [2.75, 3.05) is 5.32 Å². The van der Waals surface area contributed by atoms with Gasteiger partial charge in [-0.15, -0.1) is 0 Å². The Morgan fingerprint density at radius 2 is 2.24 bits per heavy atom. The average molecular weight is 286 g/mol. The van der Waals surface area contributed by atoms with Gasteiger partial charge in [0.25, 0.3) is 5.69 Å². The average Bonchev–Trinajstić information content (AvgIpc) is 2.47. The number of nitriles is 1. The van der Waals surface area contributed by atoms with E-state index in [9.17, 15) is 14.5 Å². The number of nitro groups is 1. The van der Waals surface area contributed by atoms with Crippen molar-refractivity contribution in [1.29, 1.82) is 5.26 Å². The Morgan fingerprint density at radius 3 is 2.86 bits per heavy atom. The molecule has 1 aromatic heterocycles. The Bertz CT molecular complexity index is 727. The molecular formula is C14H11FN4O2. The van der Waals surface area contributed by atoms with Gasteiger partial charge in [0.05, 0.1) is 28.8 Å². The van der Waals surface area contributed by atoms with Crippen LogP contribution < -0.4 is 5.32 Å². The van der Waals surface area contributed by atoms with Gasteiger partial charge in [0.2, 0.25) is 0 Å². The molecule has 2 aromatic rings. The van der Waals surface area contributed by atoms with Gasteiger partial charge in [-0.05, 0) is 25.1 Å². The summed E-state index contributed by atoms with van der Waals surface area (Å²) in [5, 5.41) is 22.7. The highest BCUT2D eigenvalue weighted by molar-refractivity contribution is 5.64. The van der Waals surface area contributed by atoms with Crippen LogP contribution in [0.1, 0.15) is 24.1 Å². The van der Waals surface area contributed by atoms with Gasteiger partial charge in [-0.2, -0.15) is 5.26 Å². The summed E-state index contributed by atoms with van der Waals surface area (Å²) in [5.41, 5.74) is 0.539. The standard InChI is InChI=1S/C14H11FN4O2/c1-9(11-4-5-17-8-12(11)15)18-13-3-2-10(7-16)6-14(13)19(20)21/h2-6,8-9,18H,1H3/t9-/m0/s1. The van der Waals surface area contributed by atoms with Gasteiger partial charge in [-0.1, -0.05) is 0 Å². The fourth-order valence-electron chi connectivity index (χ4n) is 1.92. The molecule has 106 valence electrons. The van der Waals surface area contributed by atoms with Gasteiger partial charge in [0.1, 0.15) is 11.5 Å². The van der Waals surface area contributed by atoms with E-state index in [1.165, 1.54) is 30.5 Å². The van der Waals surface area contributed by atoms with Gasteiger partial charge >= 0.3 is 0 Å². The lowest BCUT2D eigenvalue weighted by Crippen LogP contribution is -2.10. The lowest BCUT2D eigenvalue weighted by molar-refractivity contribution is -0.384. The molecule has 0 aliphatic rings. The lowest BCUT2D eigenvalue weighted by Gasteiger charge is -2.16. The van der Waals surface area contributed by atoms with Crippen LogP contribution in [0.5, 0.6) is 0 Å². The number of anilines is 1. The molecule has 0 unspecified atom stereocenters. The van der Waals surface area contributed by atoms with Crippen molar-refractivity contribution < 1.29 is 9.31 Å². The summed E-state index contributed by atoms with van der Waals surface area (Å²) in [7, 11) is 0. The maximum atomic E-state index is 13.6. The van der Waals surface area contributed by atoms with E-state index in [1.54, 1.807) is 6.92 Å². The Morgan fingerprint density at radius 1 is 1.48 bits per heavy atom. The summed E-state index contributed by atoms with van der Waals surface area (Å²) in [6.07, 6.45) is 2.53. The highest BCUT2D eigenvalue weighted by Crippen LogP contribution is 2.29. The van der Waals surface area contributed by atoms with E-state index in [-0.39, 0.29) is 16.9 Å². The van der Waals surface area contributed by atoms with Crippen LogP contribution in [0.4, 0.5) is 15.8 Å². The van der Waals surface area contributed by atoms with Crippen molar-refractivity contribution >= 4 is 11.4 Å². The first-order valence-corrected chi connectivity index (χ1v) is 6.07. The van der Waals surface area contributed by atoms with Gasteiger partial charge in [-0.25, -0.2) is 4.39 Å². The number of nitrogens with one attached hydrogen (secondary N) is 1. The van der Waals surface area contributed by atoms with E-state index in [2.05, 4.69) is 10.3 Å². The fraction of sp³-hybridized carbons (Fsp3) is 0.143. The largest absolute Gasteiger partial charge is 0.373 e. The van der Waals surface area contributed by atoms with Gasteiger partial charge in [0, 0.05) is 17.8 Å². The second-order valence-electron chi connectivity index (χ2n) is 4.36. The molecule has 1 heterocycles. The van der Waals surface area contributed by atoms with E-state index in [4.69, 9.17) is 5.26 Å². The van der Waals surface area contributed by atoms with E-state index in [1.807, 2.05) is 6.07 Å².